The molecule has 0 aromatic heterocycles. The molecule has 0 saturated heterocycles. The molecule has 1 aromatic carbocycles. The molecule has 15 heavy (non-hydrogen) atoms. The number of aryl methyl sites for hydroxylation is 2. The van der Waals surface area contributed by atoms with Crippen LogP contribution in [0.25, 0.3) is 0 Å². The number of hydrogen-bond donors (Lipinski definition) is 1. The van der Waals surface area contributed by atoms with E-state index >= 15 is 0 Å². The van der Waals surface area contributed by atoms with Gasteiger partial charge in [-0.3, -0.25) is 0 Å². The van der Waals surface area contributed by atoms with Gasteiger partial charge >= 0.3 is 0 Å². The lowest BCUT2D eigenvalue weighted by molar-refractivity contribution is 0.411. The lowest BCUT2D eigenvalue weighted by atomic mass is 9.99. The average molecular weight is 207 g/mol. The highest BCUT2D eigenvalue weighted by atomic mass is 16.5. The van der Waals surface area contributed by atoms with Crippen LogP contribution in [0.2, 0.25) is 0 Å². The standard InChI is InChI=1S/C13H21NO/c1-6-14-11(4)12-7-10(3)13(15-5)8-9(12)2/h7-8,11,14H,6H2,1-5H3. The molecule has 1 unspecified atom stereocenters. The zero-order valence-electron chi connectivity index (χ0n) is 10.3. The van der Waals surface area contributed by atoms with E-state index in [-0.39, 0.29) is 0 Å². The number of hydrogen-bond acceptors (Lipinski definition) is 2. The van der Waals surface area contributed by atoms with Crippen molar-refractivity contribution >= 4 is 0 Å². The van der Waals surface area contributed by atoms with Crippen molar-refractivity contribution in [2.45, 2.75) is 33.7 Å². The Kier molecular flexibility index (Phi) is 4.15. The van der Waals surface area contributed by atoms with Crippen LogP contribution < -0.4 is 10.1 Å². The quantitative estimate of drug-likeness (QED) is 0.819. The molecular weight excluding hydrogens is 186 g/mol. The fraction of sp³-hybridized carbons (Fsp3) is 0.538. The van der Waals surface area contributed by atoms with Gasteiger partial charge in [0.2, 0.25) is 0 Å². The molecule has 0 aliphatic heterocycles. The Hall–Kier alpha value is -1.02. The SMILES string of the molecule is CCNC(C)c1cc(C)c(OC)cc1C. The fourth-order valence-electron chi connectivity index (χ4n) is 1.91. The van der Waals surface area contributed by atoms with Gasteiger partial charge in [0.05, 0.1) is 7.11 Å². The van der Waals surface area contributed by atoms with Crippen molar-refractivity contribution in [2.24, 2.45) is 0 Å². The molecule has 0 heterocycles. The Morgan fingerprint density at radius 2 is 1.93 bits per heavy atom. The van der Waals surface area contributed by atoms with E-state index in [4.69, 9.17) is 4.74 Å². The first-order valence-corrected chi connectivity index (χ1v) is 5.48. The minimum Gasteiger partial charge on any atom is -0.496 e. The van der Waals surface area contributed by atoms with Crippen molar-refractivity contribution in [3.05, 3.63) is 28.8 Å². The summed E-state index contributed by atoms with van der Waals surface area (Å²) in [6, 6.07) is 4.72. The summed E-state index contributed by atoms with van der Waals surface area (Å²) in [6.45, 7) is 9.53. The summed E-state index contributed by atoms with van der Waals surface area (Å²) in [5, 5.41) is 3.43. The van der Waals surface area contributed by atoms with Crippen molar-refractivity contribution in [2.75, 3.05) is 13.7 Å². The van der Waals surface area contributed by atoms with E-state index in [1.54, 1.807) is 7.11 Å². The number of benzene rings is 1. The fourth-order valence-corrected chi connectivity index (χ4v) is 1.91. The minimum atomic E-state index is 0.402. The monoisotopic (exact) mass is 207 g/mol. The molecule has 0 fully saturated rings. The zero-order chi connectivity index (χ0) is 11.4. The van der Waals surface area contributed by atoms with Gasteiger partial charge in [-0.05, 0) is 50.1 Å². The topological polar surface area (TPSA) is 21.3 Å². The predicted molar refractivity (Wildman–Crippen MR) is 64.6 cm³/mol. The van der Waals surface area contributed by atoms with E-state index in [2.05, 4.69) is 45.1 Å². The van der Waals surface area contributed by atoms with E-state index in [0.29, 0.717) is 6.04 Å². The highest BCUT2D eigenvalue weighted by molar-refractivity contribution is 5.42. The Balaban J connectivity index is 3.04. The molecule has 2 nitrogen and oxygen atoms in total. The van der Waals surface area contributed by atoms with E-state index in [1.807, 2.05) is 0 Å². The third-order valence-electron chi connectivity index (χ3n) is 2.76. The van der Waals surface area contributed by atoms with Crippen LogP contribution in [0.3, 0.4) is 0 Å². The number of rotatable bonds is 4. The molecule has 0 spiro atoms. The summed E-state index contributed by atoms with van der Waals surface area (Å²) >= 11 is 0. The van der Waals surface area contributed by atoms with Crippen molar-refractivity contribution < 1.29 is 4.74 Å². The van der Waals surface area contributed by atoms with Gasteiger partial charge < -0.3 is 10.1 Å². The summed E-state index contributed by atoms with van der Waals surface area (Å²) in [7, 11) is 1.72. The molecule has 2 heteroatoms. The molecule has 1 rings (SSSR count). The van der Waals surface area contributed by atoms with Gasteiger partial charge in [0.1, 0.15) is 5.75 Å². The van der Waals surface area contributed by atoms with Crippen LogP contribution in [0.5, 0.6) is 5.75 Å². The molecule has 0 bridgehead atoms. The van der Waals surface area contributed by atoms with Gasteiger partial charge in [-0.2, -0.15) is 0 Å². The zero-order valence-corrected chi connectivity index (χ0v) is 10.3. The average Bonchev–Trinajstić information content (AvgIpc) is 2.21. The normalized spacial score (nSPS) is 12.6. The summed E-state index contributed by atoms with van der Waals surface area (Å²) in [5.41, 5.74) is 3.84. The molecule has 1 N–H and O–H groups in total. The van der Waals surface area contributed by atoms with Crippen molar-refractivity contribution in [1.29, 1.82) is 0 Å². The molecule has 0 amide bonds. The number of nitrogens with one attached hydrogen (secondary N) is 1. The summed E-state index contributed by atoms with van der Waals surface area (Å²) < 4.78 is 5.30. The van der Waals surface area contributed by atoms with Crippen molar-refractivity contribution in [3.8, 4) is 5.75 Å². The summed E-state index contributed by atoms with van der Waals surface area (Å²) in [4.78, 5) is 0. The Labute approximate surface area is 92.6 Å². The first kappa shape index (κ1) is 12.1. The highest BCUT2D eigenvalue weighted by Crippen LogP contribution is 2.26. The van der Waals surface area contributed by atoms with Crippen LogP contribution in [-0.4, -0.2) is 13.7 Å². The second-order valence-electron chi connectivity index (χ2n) is 3.96. The van der Waals surface area contributed by atoms with Crippen LogP contribution in [0.1, 0.15) is 36.6 Å². The lowest BCUT2D eigenvalue weighted by Crippen LogP contribution is -2.18. The molecule has 1 aromatic rings. The van der Waals surface area contributed by atoms with Gasteiger partial charge in [-0.1, -0.05) is 13.0 Å². The first-order chi connectivity index (χ1) is 7.10. The Bertz CT molecular complexity index is 334. The van der Waals surface area contributed by atoms with E-state index < -0.39 is 0 Å². The molecule has 1 atom stereocenters. The molecular formula is C13H21NO. The van der Waals surface area contributed by atoms with Gasteiger partial charge in [0.15, 0.2) is 0 Å². The van der Waals surface area contributed by atoms with Gasteiger partial charge in [-0.25, -0.2) is 0 Å². The maximum Gasteiger partial charge on any atom is 0.122 e. The molecule has 0 aliphatic rings. The molecule has 84 valence electrons. The second-order valence-corrected chi connectivity index (χ2v) is 3.96. The van der Waals surface area contributed by atoms with Gasteiger partial charge in [0.25, 0.3) is 0 Å². The first-order valence-electron chi connectivity index (χ1n) is 5.48. The predicted octanol–water partition coefficient (Wildman–Crippen LogP) is 2.98. The van der Waals surface area contributed by atoms with Crippen molar-refractivity contribution in [3.63, 3.8) is 0 Å². The highest BCUT2D eigenvalue weighted by Gasteiger charge is 2.10. The minimum absolute atomic E-state index is 0.402. The Morgan fingerprint density at radius 3 is 2.47 bits per heavy atom. The molecule has 0 radical (unpaired) electrons. The molecule has 0 saturated carbocycles. The van der Waals surface area contributed by atoms with E-state index in [0.717, 1.165) is 12.3 Å². The van der Waals surface area contributed by atoms with Crippen LogP contribution in [0.4, 0.5) is 0 Å². The summed E-state index contributed by atoms with van der Waals surface area (Å²) in [6.07, 6.45) is 0. The largest absolute Gasteiger partial charge is 0.496 e. The smallest absolute Gasteiger partial charge is 0.122 e. The maximum absolute atomic E-state index is 5.30. The van der Waals surface area contributed by atoms with Crippen LogP contribution in [0.15, 0.2) is 12.1 Å². The van der Waals surface area contributed by atoms with Crippen molar-refractivity contribution in [1.82, 2.24) is 5.32 Å². The van der Waals surface area contributed by atoms with E-state index in [1.165, 1.54) is 16.7 Å². The third-order valence-corrected chi connectivity index (χ3v) is 2.76. The third kappa shape index (κ3) is 2.72. The van der Waals surface area contributed by atoms with Gasteiger partial charge in [0, 0.05) is 6.04 Å². The molecule has 0 aliphatic carbocycles. The maximum atomic E-state index is 5.30. The number of methoxy groups -OCH3 is 1. The Morgan fingerprint density at radius 1 is 1.27 bits per heavy atom. The van der Waals surface area contributed by atoms with Gasteiger partial charge in [-0.15, -0.1) is 0 Å². The van der Waals surface area contributed by atoms with E-state index in [9.17, 15) is 0 Å². The second kappa shape index (κ2) is 5.17. The van der Waals surface area contributed by atoms with Crippen LogP contribution >= 0.6 is 0 Å². The number of ether oxygens (including phenoxy) is 1. The van der Waals surface area contributed by atoms with Crippen LogP contribution in [-0.2, 0) is 0 Å². The lowest BCUT2D eigenvalue weighted by Gasteiger charge is -2.17. The summed E-state index contributed by atoms with van der Waals surface area (Å²) in [5.74, 6) is 0.972. The van der Waals surface area contributed by atoms with Crippen LogP contribution in [0, 0.1) is 13.8 Å².